The van der Waals surface area contributed by atoms with Crippen LogP contribution in [-0.4, -0.2) is 6.54 Å². The van der Waals surface area contributed by atoms with Gasteiger partial charge in [0, 0.05) is 18.7 Å². The van der Waals surface area contributed by atoms with E-state index in [1.54, 1.807) is 17.4 Å². The third-order valence-electron chi connectivity index (χ3n) is 2.98. The topological polar surface area (TPSA) is 12.0 Å². The third-order valence-corrected chi connectivity index (χ3v) is 5.64. The SMILES string of the molecule is CCCNC(c1cc(F)cc(Br)c1)c1cc(Br)c(C)s1. The monoisotopic (exact) mass is 419 g/mol. The molecule has 108 valence electrons. The zero-order valence-corrected chi connectivity index (χ0v) is 15.3. The van der Waals surface area contributed by atoms with Gasteiger partial charge in [0.05, 0.1) is 6.04 Å². The maximum absolute atomic E-state index is 13.6. The molecular weight excluding hydrogens is 405 g/mol. The van der Waals surface area contributed by atoms with Crippen molar-refractivity contribution in [3.05, 3.63) is 54.3 Å². The van der Waals surface area contributed by atoms with Crippen LogP contribution in [0.4, 0.5) is 4.39 Å². The van der Waals surface area contributed by atoms with Crippen LogP contribution in [0.3, 0.4) is 0 Å². The minimum atomic E-state index is -0.218. The second-order valence-corrected chi connectivity index (χ2v) is 7.70. The lowest BCUT2D eigenvalue weighted by atomic mass is 10.1. The summed E-state index contributed by atoms with van der Waals surface area (Å²) in [5, 5.41) is 3.50. The Hall–Kier alpha value is -0.230. The summed E-state index contributed by atoms with van der Waals surface area (Å²) in [5.41, 5.74) is 0.944. The Bertz CT molecular complexity index is 558. The molecule has 0 saturated heterocycles. The molecule has 0 aliphatic heterocycles. The van der Waals surface area contributed by atoms with Crippen molar-refractivity contribution in [2.45, 2.75) is 26.3 Å². The average molecular weight is 421 g/mol. The number of benzene rings is 1. The summed E-state index contributed by atoms with van der Waals surface area (Å²) < 4.78 is 15.5. The summed E-state index contributed by atoms with van der Waals surface area (Å²) in [4.78, 5) is 2.43. The van der Waals surface area contributed by atoms with Crippen molar-refractivity contribution in [3.8, 4) is 0 Å². The smallest absolute Gasteiger partial charge is 0.124 e. The van der Waals surface area contributed by atoms with Gasteiger partial charge in [-0.05, 0) is 65.6 Å². The van der Waals surface area contributed by atoms with Crippen molar-refractivity contribution in [2.24, 2.45) is 0 Å². The van der Waals surface area contributed by atoms with Crippen molar-refractivity contribution in [1.82, 2.24) is 5.32 Å². The Morgan fingerprint density at radius 2 is 2.00 bits per heavy atom. The van der Waals surface area contributed by atoms with Gasteiger partial charge in [0.2, 0.25) is 0 Å². The van der Waals surface area contributed by atoms with Gasteiger partial charge in [-0.3, -0.25) is 0 Å². The van der Waals surface area contributed by atoms with E-state index in [0.717, 1.165) is 27.5 Å². The fourth-order valence-electron chi connectivity index (χ4n) is 2.04. The van der Waals surface area contributed by atoms with Gasteiger partial charge in [0.1, 0.15) is 5.82 Å². The molecule has 1 atom stereocenters. The van der Waals surface area contributed by atoms with E-state index in [4.69, 9.17) is 0 Å². The normalized spacial score (nSPS) is 12.7. The van der Waals surface area contributed by atoms with E-state index >= 15 is 0 Å². The first-order valence-corrected chi connectivity index (χ1v) is 8.86. The molecule has 1 unspecified atom stereocenters. The van der Waals surface area contributed by atoms with Crippen LogP contribution in [0.5, 0.6) is 0 Å². The van der Waals surface area contributed by atoms with E-state index in [0.29, 0.717) is 0 Å². The number of rotatable bonds is 5. The van der Waals surface area contributed by atoms with Crippen LogP contribution in [0.25, 0.3) is 0 Å². The second-order valence-electron chi connectivity index (χ2n) is 4.64. The number of hydrogen-bond acceptors (Lipinski definition) is 2. The lowest BCUT2D eigenvalue weighted by molar-refractivity contribution is 0.590. The van der Waals surface area contributed by atoms with Crippen molar-refractivity contribution >= 4 is 43.2 Å². The van der Waals surface area contributed by atoms with Gasteiger partial charge in [-0.2, -0.15) is 0 Å². The zero-order valence-electron chi connectivity index (χ0n) is 11.3. The highest BCUT2D eigenvalue weighted by Crippen LogP contribution is 2.34. The molecule has 1 nitrogen and oxygen atoms in total. The molecule has 2 aromatic rings. The number of hydrogen-bond donors (Lipinski definition) is 1. The van der Waals surface area contributed by atoms with Gasteiger partial charge in [-0.1, -0.05) is 22.9 Å². The maximum atomic E-state index is 13.6. The van der Waals surface area contributed by atoms with Gasteiger partial charge < -0.3 is 5.32 Å². The zero-order chi connectivity index (χ0) is 14.7. The Morgan fingerprint density at radius 1 is 1.25 bits per heavy atom. The summed E-state index contributed by atoms with van der Waals surface area (Å²) in [7, 11) is 0. The Labute approximate surface area is 139 Å². The largest absolute Gasteiger partial charge is 0.306 e. The lowest BCUT2D eigenvalue weighted by Gasteiger charge is -2.18. The van der Waals surface area contributed by atoms with Crippen LogP contribution in [0, 0.1) is 12.7 Å². The highest BCUT2D eigenvalue weighted by molar-refractivity contribution is 9.10. The van der Waals surface area contributed by atoms with Crippen molar-refractivity contribution < 1.29 is 4.39 Å². The van der Waals surface area contributed by atoms with Crippen molar-refractivity contribution in [3.63, 3.8) is 0 Å². The van der Waals surface area contributed by atoms with E-state index in [1.165, 1.54) is 15.8 Å². The Kier molecular flexibility index (Phi) is 5.78. The van der Waals surface area contributed by atoms with Crippen LogP contribution in [0.15, 0.2) is 33.2 Å². The molecule has 20 heavy (non-hydrogen) atoms. The number of nitrogens with one attached hydrogen (secondary N) is 1. The number of aryl methyl sites for hydroxylation is 1. The molecule has 0 aliphatic carbocycles. The minimum Gasteiger partial charge on any atom is -0.306 e. The third kappa shape index (κ3) is 3.91. The average Bonchev–Trinajstić information content (AvgIpc) is 2.69. The molecule has 1 heterocycles. The first kappa shape index (κ1) is 16.1. The Morgan fingerprint density at radius 3 is 2.55 bits per heavy atom. The van der Waals surface area contributed by atoms with Crippen LogP contribution >= 0.6 is 43.2 Å². The summed E-state index contributed by atoms with van der Waals surface area (Å²) in [6, 6.07) is 7.19. The van der Waals surface area contributed by atoms with Crippen molar-refractivity contribution in [2.75, 3.05) is 6.54 Å². The van der Waals surface area contributed by atoms with E-state index in [2.05, 4.69) is 57.1 Å². The minimum absolute atomic E-state index is 0.0250. The van der Waals surface area contributed by atoms with Gasteiger partial charge in [-0.15, -0.1) is 11.3 Å². The van der Waals surface area contributed by atoms with E-state index in [9.17, 15) is 4.39 Å². The van der Waals surface area contributed by atoms with Gasteiger partial charge >= 0.3 is 0 Å². The molecule has 1 N–H and O–H groups in total. The summed E-state index contributed by atoms with van der Waals surface area (Å²) in [6.07, 6.45) is 1.04. The second kappa shape index (κ2) is 7.16. The fraction of sp³-hybridized carbons (Fsp3) is 0.333. The number of halogens is 3. The highest BCUT2D eigenvalue weighted by Gasteiger charge is 2.18. The summed E-state index contributed by atoms with van der Waals surface area (Å²) >= 11 is 8.65. The number of thiophene rings is 1. The molecular formula is C15H16Br2FNS. The standard InChI is InChI=1S/C15H16Br2FNS/c1-3-4-19-15(14-8-13(17)9(2)20-14)10-5-11(16)7-12(18)6-10/h5-8,15,19H,3-4H2,1-2H3. The van der Waals surface area contributed by atoms with Crippen LogP contribution in [0.1, 0.15) is 34.7 Å². The molecule has 1 aromatic carbocycles. The van der Waals surface area contributed by atoms with Gasteiger partial charge in [0.15, 0.2) is 0 Å². The van der Waals surface area contributed by atoms with Crippen LogP contribution in [0.2, 0.25) is 0 Å². The lowest BCUT2D eigenvalue weighted by Crippen LogP contribution is -2.22. The highest BCUT2D eigenvalue weighted by atomic mass is 79.9. The molecule has 0 fully saturated rings. The van der Waals surface area contributed by atoms with Crippen molar-refractivity contribution in [1.29, 1.82) is 0 Å². The summed E-state index contributed by atoms with van der Waals surface area (Å²) in [6.45, 7) is 5.10. The summed E-state index contributed by atoms with van der Waals surface area (Å²) in [5.74, 6) is -0.218. The Balaban J connectivity index is 2.40. The first-order chi connectivity index (χ1) is 9.51. The van der Waals surface area contributed by atoms with Gasteiger partial charge in [0.25, 0.3) is 0 Å². The van der Waals surface area contributed by atoms with Crippen LogP contribution < -0.4 is 5.32 Å². The molecule has 5 heteroatoms. The molecule has 0 amide bonds. The molecule has 0 aliphatic rings. The van der Waals surface area contributed by atoms with E-state index < -0.39 is 0 Å². The molecule has 2 rings (SSSR count). The molecule has 0 radical (unpaired) electrons. The molecule has 0 bridgehead atoms. The predicted octanol–water partition coefficient (Wildman–Crippen LogP) is 5.81. The van der Waals surface area contributed by atoms with Gasteiger partial charge in [-0.25, -0.2) is 4.39 Å². The van der Waals surface area contributed by atoms with Crippen LogP contribution in [-0.2, 0) is 0 Å². The maximum Gasteiger partial charge on any atom is 0.124 e. The predicted molar refractivity (Wildman–Crippen MR) is 91.0 cm³/mol. The van der Waals surface area contributed by atoms with E-state index in [-0.39, 0.29) is 11.9 Å². The first-order valence-electron chi connectivity index (χ1n) is 6.46. The molecule has 1 aromatic heterocycles. The molecule has 0 spiro atoms. The fourth-order valence-corrected chi connectivity index (χ4v) is 4.18. The quantitative estimate of drug-likeness (QED) is 0.643. The van der Waals surface area contributed by atoms with E-state index in [1.807, 2.05) is 6.07 Å². The molecule has 0 saturated carbocycles.